The zero-order chi connectivity index (χ0) is 64.4. The topological polar surface area (TPSA) is 335 Å². The van der Waals surface area contributed by atoms with Gasteiger partial charge in [-0.1, -0.05) is 68.4 Å². The lowest BCUT2D eigenvalue weighted by Gasteiger charge is -2.43. The minimum atomic E-state index is -1.90. The number of alkyl carbamates (subject to hydrolysis) is 1. The van der Waals surface area contributed by atoms with E-state index in [0.717, 1.165) is 50.1 Å². The monoisotopic (exact) mass is 1230 g/mol. The number of amides is 5. The van der Waals surface area contributed by atoms with Crippen molar-refractivity contribution < 1.29 is 105 Å². The van der Waals surface area contributed by atoms with E-state index < -0.39 is 121 Å². The average molecular weight is 1230 g/mol. The number of nitrogens with zero attached hydrogens (tertiary/aromatic N) is 2. The van der Waals surface area contributed by atoms with E-state index >= 15 is 0 Å². The predicted octanol–water partition coefficient (Wildman–Crippen LogP) is 5.61. The highest BCUT2D eigenvalue weighted by Crippen LogP contribution is 2.45. The van der Waals surface area contributed by atoms with E-state index in [9.17, 15) is 47.9 Å². The molecule has 1 aliphatic carbocycles. The molecular formula is C61H79N5O22. The molecule has 0 bridgehead atoms. The van der Waals surface area contributed by atoms with Crippen molar-refractivity contribution >= 4 is 65.6 Å². The summed E-state index contributed by atoms with van der Waals surface area (Å²) in [5.74, 6) is -7.40. The van der Waals surface area contributed by atoms with Gasteiger partial charge in [-0.15, -0.1) is 0 Å². The Hall–Kier alpha value is -8.56. The Labute approximate surface area is 509 Å². The van der Waals surface area contributed by atoms with E-state index in [1.54, 1.807) is 39.5 Å². The number of carboxylic acid groups (broad SMARTS) is 1. The van der Waals surface area contributed by atoms with Crippen LogP contribution in [0, 0.1) is 5.92 Å². The molecule has 7 atom stereocenters. The van der Waals surface area contributed by atoms with Crippen LogP contribution >= 0.6 is 0 Å². The Bertz CT molecular complexity index is 2930. The molecule has 3 aliphatic rings. The lowest BCUT2D eigenvalue weighted by atomic mass is 9.97. The van der Waals surface area contributed by atoms with Gasteiger partial charge in [0.05, 0.1) is 45.6 Å². The zero-order valence-corrected chi connectivity index (χ0v) is 51.0. The number of esters is 4. The fourth-order valence-corrected chi connectivity index (χ4v) is 10.1. The molecule has 0 saturated carbocycles. The van der Waals surface area contributed by atoms with Gasteiger partial charge in [0.15, 0.2) is 18.3 Å². The number of rotatable bonds is 26. The summed E-state index contributed by atoms with van der Waals surface area (Å²) in [5.41, 5.74) is 3.48. The highest BCUT2D eigenvalue weighted by molar-refractivity contribution is 5.99. The van der Waals surface area contributed by atoms with Gasteiger partial charge in [-0.3, -0.25) is 28.8 Å². The average Bonchev–Trinajstić information content (AvgIpc) is 1.53. The summed E-state index contributed by atoms with van der Waals surface area (Å²) in [6.07, 6.45) is -10.7. The van der Waals surface area contributed by atoms with Crippen LogP contribution in [0.25, 0.3) is 11.1 Å². The molecule has 480 valence electrons. The molecule has 88 heavy (non-hydrogen) atoms. The van der Waals surface area contributed by atoms with E-state index in [1.165, 1.54) is 30.0 Å². The number of anilines is 1. The van der Waals surface area contributed by atoms with Crippen molar-refractivity contribution in [3.63, 3.8) is 0 Å². The van der Waals surface area contributed by atoms with Gasteiger partial charge >= 0.3 is 48.1 Å². The number of carbonyl (C=O) groups is 10. The Kier molecular flexibility index (Phi) is 24.8. The molecular weight excluding hydrogens is 1150 g/mol. The van der Waals surface area contributed by atoms with Gasteiger partial charge in [-0.25, -0.2) is 19.2 Å². The first-order valence-electron chi connectivity index (χ1n) is 28.8. The van der Waals surface area contributed by atoms with Gasteiger partial charge in [-0.2, -0.15) is 0 Å². The van der Waals surface area contributed by atoms with Crippen molar-refractivity contribution in [1.29, 1.82) is 0 Å². The highest BCUT2D eigenvalue weighted by Gasteiger charge is 2.56. The van der Waals surface area contributed by atoms with Crippen molar-refractivity contribution in [2.24, 2.45) is 5.92 Å². The molecule has 2 heterocycles. The van der Waals surface area contributed by atoms with Crippen LogP contribution < -0.4 is 20.7 Å². The number of ether oxygens (including phenoxy) is 11. The third-order valence-corrected chi connectivity index (χ3v) is 14.2. The number of piperidine rings is 1. The normalized spacial score (nSPS) is 18.9. The van der Waals surface area contributed by atoms with E-state index in [4.69, 9.17) is 57.2 Å². The second-order valence-corrected chi connectivity index (χ2v) is 22.3. The number of carbonyl (C=O) groups excluding carboxylic acids is 9. The van der Waals surface area contributed by atoms with Gasteiger partial charge in [-0.05, 0) is 86.4 Å². The minimum absolute atomic E-state index is 0.0210. The number of nitrogens with one attached hydrogen (secondary N) is 3. The van der Waals surface area contributed by atoms with E-state index in [-0.39, 0.29) is 88.0 Å². The van der Waals surface area contributed by atoms with Crippen LogP contribution in [0.2, 0.25) is 0 Å². The zero-order valence-electron chi connectivity index (χ0n) is 51.0. The summed E-state index contributed by atoms with van der Waals surface area (Å²) < 4.78 is 62.1. The standard InChI is InChI=1S/C61H79N5O22/c1-34(2)49(64-58(75)88-61(7,8)9)55(73)62-35(3)54(72)63-46-20-19-39(31-47(46)86-57-53(85-38(6)69)51(84-37(5)68)50(83-36(4)67)52(87-57)56(74)78-10)32-81-59(76)65-24-21-40(22-25-65)66(26-28-80-30-29-79-27-23-48(70)71)60(77)82-33-45-43-17-13-11-15-41(43)42-16-12-14-18-44(42)45/h11-20,31,34-35,40,45,49-53,57H,21-30,32-33H2,1-10H3,(H,62,73)(H,63,72)(H,64,75)(H,70,71)/t35-,49-,50-,51-,52-,53+,57+/m0/s1. The van der Waals surface area contributed by atoms with Crippen molar-refractivity contribution in [3.05, 3.63) is 83.4 Å². The Balaban J connectivity index is 1.20. The fraction of sp³-hybridized carbons (Fsp3) is 0.541. The van der Waals surface area contributed by atoms with Gasteiger partial charge in [0, 0.05) is 52.4 Å². The smallest absolute Gasteiger partial charge is 0.410 e. The van der Waals surface area contributed by atoms with Crippen LogP contribution in [0.4, 0.5) is 20.1 Å². The number of methoxy groups -OCH3 is 1. The first kappa shape index (κ1) is 68.6. The maximum Gasteiger partial charge on any atom is 0.410 e. The number of carboxylic acids is 1. The van der Waals surface area contributed by atoms with Crippen molar-refractivity contribution in [2.45, 2.75) is 149 Å². The molecule has 4 N–H and O–H groups in total. The first-order valence-corrected chi connectivity index (χ1v) is 28.8. The van der Waals surface area contributed by atoms with Crippen LogP contribution in [0.5, 0.6) is 5.75 Å². The quantitative estimate of drug-likeness (QED) is 0.0431. The maximum atomic E-state index is 14.1. The Morgan fingerprint density at radius 3 is 1.90 bits per heavy atom. The molecule has 2 fully saturated rings. The number of aliphatic carboxylic acids is 1. The van der Waals surface area contributed by atoms with E-state index in [1.807, 2.05) is 48.5 Å². The number of likely N-dealkylation sites (tertiary alicyclic amines) is 1. The molecule has 0 spiro atoms. The van der Waals surface area contributed by atoms with Gasteiger partial charge in [0.25, 0.3) is 0 Å². The molecule has 27 nitrogen and oxygen atoms in total. The molecule has 6 rings (SSSR count). The summed E-state index contributed by atoms with van der Waals surface area (Å²) in [5, 5.41) is 16.7. The number of hydrogen-bond acceptors (Lipinski definition) is 21. The molecule has 0 radical (unpaired) electrons. The second kappa shape index (κ2) is 31.9. The predicted molar refractivity (Wildman–Crippen MR) is 309 cm³/mol. The number of fused-ring (bicyclic) bond motifs is 3. The Morgan fingerprint density at radius 1 is 0.727 bits per heavy atom. The van der Waals surface area contributed by atoms with Gasteiger partial charge in [0.1, 0.15) is 36.6 Å². The van der Waals surface area contributed by atoms with E-state index in [2.05, 4.69) is 16.0 Å². The van der Waals surface area contributed by atoms with Crippen molar-refractivity contribution in [1.82, 2.24) is 20.4 Å². The summed E-state index contributed by atoms with van der Waals surface area (Å²) in [4.78, 5) is 133. The molecule has 2 aliphatic heterocycles. The maximum absolute atomic E-state index is 14.1. The largest absolute Gasteiger partial charge is 0.481 e. The van der Waals surface area contributed by atoms with Crippen LogP contribution in [0.15, 0.2) is 66.7 Å². The third-order valence-electron chi connectivity index (χ3n) is 14.2. The highest BCUT2D eigenvalue weighted by atomic mass is 16.7. The molecule has 3 aromatic rings. The number of benzene rings is 3. The van der Waals surface area contributed by atoms with Crippen molar-refractivity contribution in [2.75, 3.05) is 65.1 Å². The van der Waals surface area contributed by atoms with Crippen LogP contribution in [0.1, 0.15) is 104 Å². The van der Waals surface area contributed by atoms with Crippen LogP contribution in [-0.4, -0.2) is 189 Å². The van der Waals surface area contributed by atoms with Crippen LogP contribution in [-0.2, 0) is 87.5 Å². The van der Waals surface area contributed by atoms with Crippen LogP contribution in [0.3, 0.4) is 0 Å². The summed E-state index contributed by atoms with van der Waals surface area (Å²) in [7, 11) is 1.01. The second-order valence-electron chi connectivity index (χ2n) is 22.3. The van der Waals surface area contributed by atoms with Crippen molar-refractivity contribution in [3.8, 4) is 16.9 Å². The first-order chi connectivity index (χ1) is 41.7. The lowest BCUT2D eigenvalue weighted by Crippen LogP contribution is -2.64. The molecule has 5 amide bonds. The molecule has 0 unspecified atom stereocenters. The van der Waals surface area contributed by atoms with Gasteiger partial charge in [0.2, 0.25) is 24.2 Å². The summed E-state index contributed by atoms with van der Waals surface area (Å²) >= 11 is 0. The SMILES string of the molecule is COC(=O)[C@H]1O[C@@H](Oc2cc(COC(=O)N3CCC(N(CCOCCOCCC(=O)O)C(=O)OCC4c5ccccc5-c5ccccc54)CC3)ccc2NC(=O)[C@H](C)NC(=O)[C@@H](NC(=O)OC(C)(C)C)C(C)C)[C@H](OC(C)=O)[C@@H](OC(C)=O)[C@@H]1OC(C)=O. The summed E-state index contributed by atoms with van der Waals surface area (Å²) in [6, 6.07) is 17.3. The third kappa shape index (κ3) is 19.5. The van der Waals surface area contributed by atoms with E-state index in [0.29, 0.717) is 12.8 Å². The molecule has 27 heteroatoms. The molecule has 2 saturated heterocycles. The molecule has 3 aromatic carbocycles. The summed E-state index contributed by atoms with van der Waals surface area (Å²) in [6.45, 7) is 13.3. The lowest BCUT2D eigenvalue weighted by molar-refractivity contribution is -0.282. The minimum Gasteiger partial charge on any atom is -0.481 e. The Morgan fingerprint density at radius 2 is 1.32 bits per heavy atom. The fourth-order valence-electron chi connectivity index (χ4n) is 10.1. The van der Waals surface area contributed by atoms with Gasteiger partial charge < -0.3 is 83.0 Å². The molecule has 0 aromatic heterocycles. The number of hydrogen-bond donors (Lipinski definition) is 4.